The average Bonchev–Trinajstić information content (AvgIpc) is 2.62. The highest BCUT2D eigenvalue weighted by Gasteiger charge is 2.12. The lowest BCUT2D eigenvalue weighted by Crippen LogP contribution is -2.20. The predicted molar refractivity (Wildman–Crippen MR) is 98.2 cm³/mol. The van der Waals surface area contributed by atoms with E-state index in [9.17, 15) is 19.7 Å². The molecule has 0 unspecified atom stereocenters. The van der Waals surface area contributed by atoms with Crippen molar-refractivity contribution in [1.29, 1.82) is 0 Å². The molecule has 0 bridgehead atoms. The molecule has 0 atom stereocenters. The topological polar surface area (TPSA) is 98.5 Å². The van der Waals surface area contributed by atoms with Crippen LogP contribution in [0.3, 0.4) is 0 Å². The molecular formula is C17H12Cl2N2O5. The van der Waals surface area contributed by atoms with E-state index < -0.39 is 23.4 Å². The van der Waals surface area contributed by atoms with Gasteiger partial charge in [-0.25, -0.2) is 4.79 Å². The van der Waals surface area contributed by atoms with Gasteiger partial charge in [-0.3, -0.25) is 14.9 Å². The van der Waals surface area contributed by atoms with Crippen LogP contribution in [0.25, 0.3) is 6.08 Å². The number of nitro benzene ring substituents is 1. The number of amides is 1. The van der Waals surface area contributed by atoms with E-state index in [0.29, 0.717) is 0 Å². The Bertz CT molecular complexity index is 883. The predicted octanol–water partition coefficient (Wildman–Crippen LogP) is 4.10. The summed E-state index contributed by atoms with van der Waals surface area (Å²) in [5, 5.41) is 13.8. The summed E-state index contributed by atoms with van der Waals surface area (Å²) in [6.07, 6.45) is 2.24. The number of para-hydroxylation sites is 1. The summed E-state index contributed by atoms with van der Waals surface area (Å²) in [6.45, 7) is -0.553. The number of carbonyl (C=O) groups is 2. The van der Waals surface area contributed by atoms with Crippen molar-refractivity contribution in [2.24, 2.45) is 0 Å². The normalized spacial score (nSPS) is 10.5. The first kappa shape index (κ1) is 19.4. The molecule has 7 nitrogen and oxygen atoms in total. The zero-order valence-electron chi connectivity index (χ0n) is 13.1. The standard InChI is InChI=1S/C17H12Cl2N2O5/c18-12-5-3-6-13(17(12)19)20-15(22)10-26-16(23)9-8-11-4-1-2-7-14(11)21(24)25/h1-9H,10H2,(H,20,22)/b9-8+. The van der Waals surface area contributed by atoms with Gasteiger partial charge in [0.2, 0.25) is 0 Å². The van der Waals surface area contributed by atoms with Crippen LogP contribution in [-0.2, 0) is 14.3 Å². The van der Waals surface area contributed by atoms with Crippen molar-refractivity contribution >= 4 is 52.5 Å². The van der Waals surface area contributed by atoms with Gasteiger partial charge in [0.15, 0.2) is 6.61 Å². The van der Waals surface area contributed by atoms with Crippen molar-refractivity contribution in [3.8, 4) is 0 Å². The second kappa shape index (κ2) is 8.98. The van der Waals surface area contributed by atoms with E-state index in [1.807, 2.05) is 0 Å². The fourth-order valence-corrected chi connectivity index (χ4v) is 2.27. The van der Waals surface area contributed by atoms with E-state index >= 15 is 0 Å². The minimum Gasteiger partial charge on any atom is -0.452 e. The van der Waals surface area contributed by atoms with Crippen LogP contribution in [0.1, 0.15) is 5.56 Å². The molecule has 2 aromatic rings. The van der Waals surface area contributed by atoms with Gasteiger partial charge in [-0.05, 0) is 24.3 Å². The number of nitrogens with zero attached hydrogens (tertiary/aromatic N) is 1. The minimum absolute atomic E-state index is 0.148. The number of ether oxygens (including phenoxy) is 1. The number of hydrogen-bond donors (Lipinski definition) is 1. The molecule has 26 heavy (non-hydrogen) atoms. The number of hydrogen-bond acceptors (Lipinski definition) is 5. The van der Waals surface area contributed by atoms with Crippen LogP contribution in [0.15, 0.2) is 48.5 Å². The highest BCUT2D eigenvalue weighted by molar-refractivity contribution is 6.44. The molecular weight excluding hydrogens is 383 g/mol. The highest BCUT2D eigenvalue weighted by atomic mass is 35.5. The Labute approximate surface area is 158 Å². The quantitative estimate of drug-likeness (QED) is 0.344. The van der Waals surface area contributed by atoms with E-state index in [4.69, 9.17) is 27.9 Å². The van der Waals surface area contributed by atoms with Gasteiger partial charge in [0.1, 0.15) is 0 Å². The Hall–Kier alpha value is -2.90. The number of rotatable bonds is 6. The third kappa shape index (κ3) is 5.30. The third-order valence-corrected chi connectivity index (χ3v) is 3.92. The van der Waals surface area contributed by atoms with Crippen LogP contribution in [0, 0.1) is 10.1 Å². The zero-order chi connectivity index (χ0) is 19.1. The van der Waals surface area contributed by atoms with E-state index in [2.05, 4.69) is 5.32 Å². The molecule has 2 rings (SSSR count). The third-order valence-electron chi connectivity index (χ3n) is 3.10. The Kier molecular flexibility index (Phi) is 6.71. The van der Waals surface area contributed by atoms with Crippen LogP contribution in [0.2, 0.25) is 10.0 Å². The molecule has 1 amide bonds. The molecule has 9 heteroatoms. The molecule has 1 N–H and O–H groups in total. The van der Waals surface area contributed by atoms with Crippen molar-refractivity contribution < 1.29 is 19.2 Å². The van der Waals surface area contributed by atoms with E-state index in [1.54, 1.807) is 24.3 Å². The summed E-state index contributed by atoms with van der Waals surface area (Å²) in [5.41, 5.74) is 0.380. The summed E-state index contributed by atoms with van der Waals surface area (Å²) in [4.78, 5) is 33.8. The maximum absolute atomic E-state index is 11.8. The lowest BCUT2D eigenvalue weighted by molar-refractivity contribution is -0.385. The lowest BCUT2D eigenvalue weighted by atomic mass is 10.1. The van der Waals surface area contributed by atoms with Gasteiger partial charge >= 0.3 is 5.97 Å². The summed E-state index contributed by atoms with van der Waals surface area (Å²) >= 11 is 11.8. The van der Waals surface area contributed by atoms with Gasteiger partial charge in [0.25, 0.3) is 11.6 Å². The number of anilines is 1. The summed E-state index contributed by atoms with van der Waals surface area (Å²) in [7, 11) is 0. The Balaban J connectivity index is 1.91. The number of carbonyl (C=O) groups excluding carboxylic acids is 2. The van der Waals surface area contributed by atoms with Crippen molar-refractivity contribution in [3.63, 3.8) is 0 Å². The van der Waals surface area contributed by atoms with E-state index in [0.717, 1.165) is 6.08 Å². The van der Waals surface area contributed by atoms with E-state index in [1.165, 1.54) is 24.3 Å². The summed E-state index contributed by atoms with van der Waals surface area (Å²) in [5.74, 6) is -1.43. The first-order chi connectivity index (χ1) is 12.4. The van der Waals surface area contributed by atoms with Crippen molar-refractivity contribution in [2.75, 3.05) is 11.9 Å². The fraction of sp³-hybridized carbons (Fsp3) is 0.0588. The van der Waals surface area contributed by atoms with Gasteiger partial charge in [0, 0.05) is 12.1 Å². The van der Waals surface area contributed by atoms with Crippen LogP contribution >= 0.6 is 23.2 Å². The monoisotopic (exact) mass is 394 g/mol. The number of nitrogens with one attached hydrogen (secondary N) is 1. The smallest absolute Gasteiger partial charge is 0.331 e. The van der Waals surface area contributed by atoms with E-state index in [-0.39, 0.29) is 27.0 Å². The molecule has 2 aromatic carbocycles. The molecule has 0 fully saturated rings. The first-order valence-corrected chi connectivity index (χ1v) is 7.96. The highest BCUT2D eigenvalue weighted by Crippen LogP contribution is 2.29. The molecule has 0 saturated heterocycles. The SMILES string of the molecule is O=C(COC(=O)/C=C/c1ccccc1[N+](=O)[O-])Nc1cccc(Cl)c1Cl. The second-order valence-corrected chi connectivity index (χ2v) is 5.69. The molecule has 134 valence electrons. The molecule has 0 aliphatic carbocycles. The average molecular weight is 395 g/mol. The first-order valence-electron chi connectivity index (χ1n) is 7.20. The minimum atomic E-state index is -0.824. The zero-order valence-corrected chi connectivity index (χ0v) is 14.7. The van der Waals surface area contributed by atoms with Gasteiger partial charge < -0.3 is 10.1 Å². The van der Waals surface area contributed by atoms with Gasteiger partial charge in [-0.1, -0.05) is 41.4 Å². The molecule has 0 radical (unpaired) electrons. The van der Waals surface area contributed by atoms with Crippen molar-refractivity contribution in [2.45, 2.75) is 0 Å². The molecule has 0 aromatic heterocycles. The summed E-state index contributed by atoms with van der Waals surface area (Å²) in [6, 6.07) is 10.6. The second-order valence-electron chi connectivity index (χ2n) is 4.91. The largest absolute Gasteiger partial charge is 0.452 e. The Morgan fingerprint density at radius 3 is 2.62 bits per heavy atom. The van der Waals surface area contributed by atoms with Crippen LogP contribution in [0.5, 0.6) is 0 Å². The van der Waals surface area contributed by atoms with Gasteiger partial charge in [0.05, 0.1) is 26.2 Å². The number of halogens is 2. The van der Waals surface area contributed by atoms with Crippen LogP contribution in [-0.4, -0.2) is 23.4 Å². The molecule has 0 spiro atoms. The van der Waals surface area contributed by atoms with Crippen molar-refractivity contribution in [3.05, 3.63) is 74.3 Å². The number of nitro groups is 1. The van der Waals surface area contributed by atoms with Crippen LogP contribution < -0.4 is 5.32 Å². The molecule has 0 saturated carbocycles. The molecule has 0 heterocycles. The number of benzene rings is 2. The molecule has 0 aliphatic rings. The van der Waals surface area contributed by atoms with Gasteiger partial charge in [-0.2, -0.15) is 0 Å². The fourth-order valence-electron chi connectivity index (χ4n) is 1.92. The van der Waals surface area contributed by atoms with Crippen molar-refractivity contribution in [1.82, 2.24) is 0 Å². The number of esters is 1. The lowest BCUT2D eigenvalue weighted by Gasteiger charge is -2.08. The maximum atomic E-state index is 11.8. The molecule has 0 aliphatic heterocycles. The summed E-state index contributed by atoms with van der Waals surface area (Å²) < 4.78 is 4.78. The Morgan fingerprint density at radius 2 is 1.88 bits per heavy atom. The van der Waals surface area contributed by atoms with Crippen LogP contribution in [0.4, 0.5) is 11.4 Å². The maximum Gasteiger partial charge on any atom is 0.331 e. The Morgan fingerprint density at radius 1 is 1.15 bits per heavy atom. The van der Waals surface area contributed by atoms with Gasteiger partial charge in [-0.15, -0.1) is 0 Å².